The number of amides is 1. The van der Waals surface area contributed by atoms with Crippen molar-refractivity contribution in [2.45, 2.75) is 20.4 Å². The van der Waals surface area contributed by atoms with Gasteiger partial charge in [0.15, 0.2) is 0 Å². The summed E-state index contributed by atoms with van der Waals surface area (Å²) in [7, 11) is 0. The molecule has 0 saturated carbocycles. The number of nitrogens with one attached hydrogen (secondary N) is 2. The molecule has 3 rings (SSSR count). The molecule has 0 bridgehead atoms. The van der Waals surface area contributed by atoms with E-state index in [1.807, 2.05) is 26.0 Å². The van der Waals surface area contributed by atoms with E-state index in [1.54, 1.807) is 12.1 Å². The molecule has 2 N–H and O–H groups in total. The average Bonchev–Trinajstić information content (AvgIpc) is 2.82. The van der Waals surface area contributed by atoms with Crippen molar-refractivity contribution in [2.24, 2.45) is 0 Å². The van der Waals surface area contributed by atoms with E-state index in [4.69, 9.17) is 0 Å². The van der Waals surface area contributed by atoms with E-state index in [0.717, 1.165) is 26.6 Å². The molecule has 0 spiro atoms. The van der Waals surface area contributed by atoms with Gasteiger partial charge in [0.1, 0.15) is 5.82 Å². The van der Waals surface area contributed by atoms with Gasteiger partial charge in [0.2, 0.25) is 0 Å². The Morgan fingerprint density at radius 2 is 2.00 bits per heavy atom. The zero-order chi connectivity index (χ0) is 16.6. The lowest BCUT2D eigenvalue weighted by atomic mass is 10.1. The van der Waals surface area contributed by atoms with E-state index in [9.17, 15) is 9.18 Å². The second-order valence-corrected chi connectivity index (χ2v) is 6.41. The molecule has 1 aromatic heterocycles. The summed E-state index contributed by atoms with van der Waals surface area (Å²) in [6, 6.07) is 9.99. The van der Waals surface area contributed by atoms with Crippen molar-refractivity contribution >= 4 is 32.7 Å². The monoisotopic (exact) mass is 374 g/mol. The number of rotatable bonds is 3. The Kier molecular flexibility index (Phi) is 4.22. The Labute approximate surface area is 142 Å². The van der Waals surface area contributed by atoms with Crippen molar-refractivity contribution in [3.8, 4) is 0 Å². The van der Waals surface area contributed by atoms with Crippen molar-refractivity contribution in [1.82, 2.24) is 10.3 Å². The number of hydrogen-bond donors (Lipinski definition) is 2. The van der Waals surface area contributed by atoms with Crippen molar-refractivity contribution in [3.63, 3.8) is 0 Å². The summed E-state index contributed by atoms with van der Waals surface area (Å²) < 4.78 is 14.0. The molecule has 0 atom stereocenters. The summed E-state index contributed by atoms with van der Waals surface area (Å²) in [6.45, 7) is 4.30. The first-order valence-electron chi connectivity index (χ1n) is 7.27. The summed E-state index contributed by atoms with van der Waals surface area (Å²) in [5, 5.41) is 3.87. The summed E-state index contributed by atoms with van der Waals surface area (Å²) in [6.07, 6.45) is 0. The van der Waals surface area contributed by atoms with Crippen LogP contribution in [-0.2, 0) is 6.54 Å². The van der Waals surface area contributed by atoms with Gasteiger partial charge in [0.25, 0.3) is 5.91 Å². The molecule has 0 saturated heterocycles. The number of carbonyl (C=O) groups is 1. The van der Waals surface area contributed by atoms with Crippen molar-refractivity contribution < 1.29 is 9.18 Å². The molecular formula is C18H16BrFN2O. The van der Waals surface area contributed by atoms with Crippen LogP contribution in [0.5, 0.6) is 0 Å². The van der Waals surface area contributed by atoms with Crippen LogP contribution in [0, 0.1) is 19.7 Å². The summed E-state index contributed by atoms with van der Waals surface area (Å²) >= 11 is 3.36. The van der Waals surface area contributed by atoms with E-state index in [1.165, 1.54) is 12.1 Å². The Bertz CT molecular complexity index is 901. The molecule has 1 heterocycles. The fraction of sp³-hybridized carbons (Fsp3) is 0.167. The number of H-pyrrole nitrogens is 1. The van der Waals surface area contributed by atoms with E-state index >= 15 is 0 Å². The van der Waals surface area contributed by atoms with Gasteiger partial charge in [0.05, 0.1) is 0 Å². The highest BCUT2D eigenvalue weighted by atomic mass is 79.9. The lowest BCUT2D eigenvalue weighted by molar-refractivity contribution is 0.0951. The predicted octanol–water partition coefficient (Wildman–Crippen LogP) is 4.62. The maximum absolute atomic E-state index is 13.3. The minimum Gasteiger partial charge on any atom is -0.358 e. The number of aryl methyl sites for hydroxylation is 2. The summed E-state index contributed by atoms with van der Waals surface area (Å²) in [5.74, 6) is -0.501. The van der Waals surface area contributed by atoms with Gasteiger partial charge in [-0.3, -0.25) is 4.79 Å². The highest BCUT2D eigenvalue weighted by Gasteiger charge is 2.11. The third kappa shape index (κ3) is 3.15. The Morgan fingerprint density at radius 3 is 2.78 bits per heavy atom. The number of aromatic amines is 1. The van der Waals surface area contributed by atoms with Gasteiger partial charge in [-0.05, 0) is 61.4 Å². The minimum absolute atomic E-state index is 0.179. The molecule has 0 radical (unpaired) electrons. The third-order valence-corrected chi connectivity index (χ3v) is 4.79. The zero-order valence-electron chi connectivity index (χ0n) is 12.8. The first-order chi connectivity index (χ1) is 11.0. The van der Waals surface area contributed by atoms with Crippen LogP contribution in [0.25, 0.3) is 10.9 Å². The number of halogens is 2. The van der Waals surface area contributed by atoms with Gasteiger partial charge in [-0.1, -0.05) is 15.9 Å². The summed E-state index contributed by atoms with van der Waals surface area (Å²) in [5.41, 5.74) is 4.55. The lowest BCUT2D eigenvalue weighted by Crippen LogP contribution is -2.23. The second kappa shape index (κ2) is 6.16. The molecule has 2 aromatic carbocycles. The highest BCUT2D eigenvalue weighted by molar-refractivity contribution is 9.10. The van der Waals surface area contributed by atoms with Crippen molar-refractivity contribution in [2.75, 3.05) is 0 Å². The number of fused-ring (bicyclic) bond motifs is 1. The Hall–Kier alpha value is -2.14. The molecule has 0 unspecified atom stereocenters. The van der Waals surface area contributed by atoms with Crippen LogP contribution in [-0.4, -0.2) is 10.9 Å². The molecular weight excluding hydrogens is 359 g/mol. The smallest absolute Gasteiger partial charge is 0.251 e. The number of hydrogen-bond acceptors (Lipinski definition) is 1. The number of benzene rings is 2. The fourth-order valence-corrected chi connectivity index (χ4v) is 2.95. The molecule has 3 aromatic rings. The first-order valence-corrected chi connectivity index (χ1v) is 8.06. The molecule has 5 heteroatoms. The van der Waals surface area contributed by atoms with Crippen LogP contribution in [0.15, 0.2) is 40.9 Å². The van der Waals surface area contributed by atoms with Crippen LogP contribution < -0.4 is 5.32 Å². The largest absolute Gasteiger partial charge is 0.358 e. The zero-order valence-corrected chi connectivity index (χ0v) is 14.4. The second-order valence-electron chi connectivity index (χ2n) is 5.55. The fourth-order valence-electron chi connectivity index (χ4n) is 2.56. The van der Waals surface area contributed by atoms with Crippen LogP contribution >= 0.6 is 15.9 Å². The Balaban J connectivity index is 1.80. The molecule has 23 heavy (non-hydrogen) atoms. The van der Waals surface area contributed by atoms with Crippen LogP contribution in [0.2, 0.25) is 0 Å². The van der Waals surface area contributed by atoms with Gasteiger partial charge in [-0.25, -0.2) is 4.39 Å². The van der Waals surface area contributed by atoms with Crippen LogP contribution in [0.3, 0.4) is 0 Å². The summed E-state index contributed by atoms with van der Waals surface area (Å²) in [4.78, 5) is 15.6. The van der Waals surface area contributed by atoms with Gasteiger partial charge in [-0.2, -0.15) is 0 Å². The lowest BCUT2D eigenvalue weighted by Gasteiger charge is -2.08. The van der Waals surface area contributed by atoms with Crippen LogP contribution in [0.1, 0.15) is 27.2 Å². The van der Waals surface area contributed by atoms with Gasteiger partial charge >= 0.3 is 0 Å². The van der Waals surface area contributed by atoms with Gasteiger partial charge < -0.3 is 10.3 Å². The van der Waals surface area contributed by atoms with E-state index in [0.29, 0.717) is 11.1 Å². The van der Waals surface area contributed by atoms with E-state index in [2.05, 4.69) is 26.2 Å². The maximum atomic E-state index is 13.3. The topological polar surface area (TPSA) is 44.9 Å². The van der Waals surface area contributed by atoms with Gasteiger partial charge in [-0.15, -0.1) is 0 Å². The van der Waals surface area contributed by atoms with Crippen molar-refractivity contribution in [1.29, 1.82) is 0 Å². The number of aromatic nitrogens is 1. The molecule has 0 aliphatic rings. The molecule has 0 aliphatic heterocycles. The SMILES string of the molecule is Cc1[nH]c2ccc(C(=O)NCc3cc(F)ccc3Br)cc2c1C. The van der Waals surface area contributed by atoms with Crippen molar-refractivity contribution in [3.05, 3.63) is 69.1 Å². The standard InChI is InChI=1S/C18H16BrFN2O/c1-10-11(2)22-17-6-3-12(8-15(10)17)18(23)21-9-13-7-14(20)4-5-16(13)19/h3-8,22H,9H2,1-2H3,(H,21,23). The van der Waals surface area contributed by atoms with Crippen LogP contribution in [0.4, 0.5) is 4.39 Å². The molecule has 0 fully saturated rings. The average molecular weight is 375 g/mol. The number of carbonyl (C=O) groups excluding carboxylic acids is 1. The minimum atomic E-state index is -0.322. The first kappa shape index (κ1) is 15.7. The van der Waals surface area contributed by atoms with Gasteiger partial charge in [0, 0.05) is 33.2 Å². The molecule has 0 aliphatic carbocycles. The van der Waals surface area contributed by atoms with E-state index in [-0.39, 0.29) is 18.3 Å². The molecule has 1 amide bonds. The Morgan fingerprint density at radius 1 is 1.22 bits per heavy atom. The quantitative estimate of drug-likeness (QED) is 0.690. The normalized spacial score (nSPS) is 11.0. The highest BCUT2D eigenvalue weighted by Crippen LogP contribution is 2.22. The predicted molar refractivity (Wildman–Crippen MR) is 93.0 cm³/mol. The maximum Gasteiger partial charge on any atom is 0.251 e. The third-order valence-electron chi connectivity index (χ3n) is 4.02. The molecule has 118 valence electrons. The molecule has 3 nitrogen and oxygen atoms in total. The van der Waals surface area contributed by atoms with E-state index < -0.39 is 0 Å².